The third-order valence-electron chi connectivity index (χ3n) is 12.5. The minimum absolute atomic E-state index is 0.0622. The standard InChI is InChI=1S/C55H106O6/c1-5-7-9-11-13-15-17-18-20-25-28-32-36-40-44-48-55(58)61-52(49-59-53(56)46-42-38-34-30-16-14-12-10-8-6-2)50-60-54(57)47-43-39-35-31-27-24-22-19-21-23-26-29-33-37-41-45-51(3)4/h51-52H,5-50H2,1-4H3/t52-/m0/s1. The van der Waals surface area contributed by atoms with Crippen LogP contribution in [0.2, 0.25) is 0 Å². The van der Waals surface area contributed by atoms with E-state index in [1.807, 2.05) is 0 Å². The van der Waals surface area contributed by atoms with Crippen molar-refractivity contribution < 1.29 is 28.6 Å². The molecule has 61 heavy (non-hydrogen) atoms. The quantitative estimate of drug-likeness (QED) is 0.0344. The number of ether oxygens (including phenoxy) is 3. The predicted octanol–water partition coefficient (Wildman–Crippen LogP) is 17.8. The summed E-state index contributed by atoms with van der Waals surface area (Å²) < 4.78 is 16.8. The summed E-state index contributed by atoms with van der Waals surface area (Å²) in [6.45, 7) is 9.04. The van der Waals surface area contributed by atoms with Crippen molar-refractivity contribution in [2.75, 3.05) is 13.2 Å². The molecule has 0 saturated heterocycles. The van der Waals surface area contributed by atoms with Crippen LogP contribution in [0.5, 0.6) is 0 Å². The van der Waals surface area contributed by atoms with Gasteiger partial charge in [0, 0.05) is 19.3 Å². The third kappa shape index (κ3) is 49.3. The van der Waals surface area contributed by atoms with E-state index in [0.717, 1.165) is 63.7 Å². The van der Waals surface area contributed by atoms with Crippen molar-refractivity contribution in [3.63, 3.8) is 0 Å². The van der Waals surface area contributed by atoms with Crippen molar-refractivity contribution in [1.29, 1.82) is 0 Å². The number of unbranched alkanes of at least 4 members (excludes halogenated alkanes) is 37. The molecule has 0 heterocycles. The zero-order valence-corrected chi connectivity index (χ0v) is 41.6. The number of hydrogen-bond acceptors (Lipinski definition) is 6. The van der Waals surface area contributed by atoms with Gasteiger partial charge in [-0.15, -0.1) is 0 Å². The minimum Gasteiger partial charge on any atom is -0.462 e. The Morgan fingerprint density at radius 1 is 0.311 bits per heavy atom. The first-order chi connectivity index (χ1) is 29.9. The first-order valence-electron chi connectivity index (χ1n) is 27.4. The van der Waals surface area contributed by atoms with Gasteiger partial charge in [-0.2, -0.15) is 0 Å². The molecule has 0 saturated carbocycles. The summed E-state index contributed by atoms with van der Waals surface area (Å²) in [5.74, 6) is 0.00827. The number of esters is 3. The summed E-state index contributed by atoms with van der Waals surface area (Å²) in [4.78, 5) is 38.0. The zero-order valence-electron chi connectivity index (χ0n) is 41.6. The van der Waals surface area contributed by atoms with Crippen LogP contribution in [0.3, 0.4) is 0 Å². The number of hydrogen-bond donors (Lipinski definition) is 0. The first kappa shape index (κ1) is 59.4. The van der Waals surface area contributed by atoms with Crippen LogP contribution >= 0.6 is 0 Å². The van der Waals surface area contributed by atoms with E-state index in [1.165, 1.54) is 205 Å². The highest BCUT2D eigenvalue weighted by Gasteiger charge is 2.19. The highest BCUT2D eigenvalue weighted by molar-refractivity contribution is 5.71. The molecule has 6 heteroatoms. The fourth-order valence-electron chi connectivity index (χ4n) is 8.39. The molecule has 362 valence electrons. The Hall–Kier alpha value is -1.59. The van der Waals surface area contributed by atoms with E-state index in [0.29, 0.717) is 19.3 Å². The third-order valence-corrected chi connectivity index (χ3v) is 12.5. The van der Waals surface area contributed by atoms with Crippen LogP contribution < -0.4 is 0 Å². The summed E-state index contributed by atoms with van der Waals surface area (Å²) in [6, 6.07) is 0. The second-order valence-corrected chi connectivity index (χ2v) is 19.3. The van der Waals surface area contributed by atoms with E-state index in [2.05, 4.69) is 27.7 Å². The second-order valence-electron chi connectivity index (χ2n) is 19.3. The Bertz CT molecular complexity index is 918. The summed E-state index contributed by atoms with van der Waals surface area (Å²) in [6.07, 6.45) is 52.3. The van der Waals surface area contributed by atoms with Gasteiger partial charge in [-0.1, -0.05) is 272 Å². The van der Waals surface area contributed by atoms with E-state index in [-0.39, 0.29) is 31.1 Å². The van der Waals surface area contributed by atoms with Crippen LogP contribution in [0.25, 0.3) is 0 Å². The van der Waals surface area contributed by atoms with Gasteiger partial charge in [0.2, 0.25) is 0 Å². The molecule has 0 rings (SSSR count). The molecule has 0 aromatic heterocycles. The predicted molar refractivity (Wildman–Crippen MR) is 261 cm³/mol. The maximum Gasteiger partial charge on any atom is 0.306 e. The fraction of sp³-hybridized carbons (Fsp3) is 0.945. The lowest BCUT2D eigenvalue weighted by Gasteiger charge is -2.18. The molecule has 0 radical (unpaired) electrons. The number of rotatable bonds is 50. The molecule has 0 aromatic rings. The minimum atomic E-state index is -0.760. The molecule has 0 fully saturated rings. The molecule has 0 spiro atoms. The SMILES string of the molecule is CCCCCCCCCCCCCCCCCC(=O)O[C@@H](COC(=O)CCCCCCCCCCCC)COC(=O)CCCCCCCCCCCCCCCCCC(C)C. The second kappa shape index (κ2) is 49.4. The van der Waals surface area contributed by atoms with Crippen molar-refractivity contribution in [3.8, 4) is 0 Å². The van der Waals surface area contributed by atoms with Gasteiger partial charge in [0.25, 0.3) is 0 Å². The summed E-state index contributed by atoms with van der Waals surface area (Å²) >= 11 is 0. The summed E-state index contributed by atoms with van der Waals surface area (Å²) in [5.41, 5.74) is 0. The van der Waals surface area contributed by atoms with Gasteiger partial charge in [-0.05, 0) is 25.2 Å². The number of carbonyl (C=O) groups is 3. The summed E-state index contributed by atoms with van der Waals surface area (Å²) in [5, 5.41) is 0. The van der Waals surface area contributed by atoms with Gasteiger partial charge in [0.05, 0.1) is 0 Å². The van der Waals surface area contributed by atoms with E-state index in [9.17, 15) is 14.4 Å². The zero-order chi connectivity index (χ0) is 44.5. The van der Waals surface area contributed by atoms with Crippen LogP contribution in [0.15, 0.2) is 0 Å². The van der Waals surface area contributed by atoms with Gasteiger partial charge in [0.15, 0.2) is 6.10 Å². The van der Waals surface area contributed by atoms with Crippen molar-refractivity contribution in [2.24, 2.45) is 5.92 Å². The first-order valence-corrected chi connectivity index (χ1v) is 27.4. The highest BCUT2D eigenvalue weighted by Crippen LogP contribution is 2.17. The van der Waals surface area contributed by atoms with Crippen LogP contribution in [0, 0.1) is 5.92 Å². The smallest absolute Gasteiger partial charge is 0.306 e. The van der Waals surface area contributed by atoms with Gasteiger partial charge >= 0.3 is 17.9 Å². The largest absolute Gasteiger partial charge is 0.462 e. The molecular formula is C55H106O6. The molecule has 0 aliphatic heterocycles. The lowest BCUT2D eigenvalue weighted by Crippen LogP contribution is -2.30. The van der Waals surface area contributed by atoms with Crippen molar-refractivity contribution in [3.05, 3.63) is 0 Å². The Kier molecular flexibility index (Phi) is 48.1. The normalized spacial score (nSPS) is 12.0. The maximum absolute atomic E-state index is 12.8. The Balaban J connectivity index is 4.25. The van der Waals surface area contributed by atoms with Gasteiger partial charge in [-0.3, -0.25) is 14.4 Å². The van der Waals surface area contributed by atoms with Crippen LogP contribution in [-0.2, 0) is 28.6 Å². The molecule has 0 N–H and O–H groups in total. The Labute approximate surface area is 380 Å². The highest BCUT2D eigenvalue weighted by atomic mass is 16.6. The van der Waals surface area contributed by atoms with Crippen molar-refractivity contribution >= 4 is 17.9 Å². The van der Waals surface area contributed by atoms with E-state index in [1.54, 1.807) is 0 Å². The Morgan fingerprint density at radius 3 is 0.803 bits per heavy atom. The Morgan fingerprint density at radius 2 is 0.541 bits per heavy atom. The molecule has 0 aliphatic carbocycles. The van der Waals surface area contributed by atoms with Gasteiger partial charge < -0.3 is 14.2 Å². The lowest BCUT2D eigenvalue weighted by molar-refractivity contribution is -0.167. The molecule has 0 unspecified atom stereocenters. The van der Waals surface area contributed by atoms with Crippen LogP contribution in [-0.4, -0.2) is 37.2 Å². The molecule has 6 nitrogen and oxygen atoms in total. The molecule has 1 atom stereocenters. The van der Waals surface area contributed by atoms with Gasteiger partial charge in [0.1, 0.15) is 13.2 Å². The average Bonchev–Trinajstić information content (AvgIpc) is 3.24. The van der Waals surface area contributed by atoms with E-state index in [4.69, 9.17) is 14.2 Å². The van der Waals surface area contributed by atoms with E-state index >= 15 is 0 Å². The number of carbonyl (C=O) groups excluding carboxylic acids is 3. The molecule has 0 bridgehead atoms. The lowest BCUT2D eigenvalue weighted by atomic mass is 10.0. The molecular weight excluding hydrogens is 757 g/mol. The molecule has 0 aliphatic rings. The van der Waals surface area contributed by atoms with Gasteiger partial charge in [-0.25, -0.2) is 0 Å². The van der Waals surface area contributed by atoms with Crippen molar-refractivity contribution in [1.82, 2.24) is 0 Å². The topological polar surface area (TPSA) is 78.9 Å². The molecule has 0 amide bonds. The molecule has 0 aromatic carbocycles. The summed E-state index contributed by atoms with van der Waals surface area (Å²) in [7, 11) is 0. The van der Waals surface area contributed by atoms with Crippen molar-refractivity contribution in [2.45, 2.75) is 316 Å². The fourth-order valence-corrected chi connectivity index (χ4v) is 8.39. The van der Waals surface area contributed by atoms with Crippen LogP contribution in [0.4, 0.5) is 0 Å². The monoisotopic (exact) mass is 863 g/mol. The van der Waals surface area contributed by atoms with E-state index < -0.39 is 6.10 Å². The maximum atomic E-state index is 12.8. The van der Waals surface area contributed by atoms with Crippen LogP contribution in [0.1, 0.15) is 310 Å². The average molecular weight is 863 g/mol.